The zero-order valence-corrected chi connectivity index (χ0v) is 21.5. The molecule has 1 aromatic heterocycles. The summed E-state index contributed by atoms with van der Waals surface area (Å²) in [6.45, 7) is 1.41. The van der Waals surface area contributed by atoms with Crippen LogP contribution in [0, 0.1) is 0 Å². The van der Waals surface area contributed by atoms with E-state index in [1.165, 1.54) is 18.7 Å². The minimum atomic E-state index is -1.18. The summed E-state index contributed by atoms with van der Waals surface area (Å²) in [5, 5.41) is 26.5. The van der Waals surface area contributed by atoms with E-state index in [-0.39, 0.29) is 25.7 Å². The molecule has 0 spiro atoms. The van der Waals surface area contributed by atoms with Gasteiger partial charge in [-0.1, -0.05) is 18.2 Å². The SMILES string of the molecule is CSCCC(NC(=O)C(C)NC(=O)C(Cc1c[nH]c2ccccc12)NC(=O)C(N)CCC(=O)O)C(=O)O. The number of aromatic amines is 1. The maximum absolute atomic E-state index is 13.2. The van der Waals surface area contributed by atoms with Gasteiger partial charge in [-0.05, 0) is 43.4 Å². The van der Waals surface area contributed by atoms with Crippen molar-refractivity contribution in [2.75, 3.05) is 12.0 Å². The van der Waals surface area contributed by atoms with Crippen molar-refractivity contribution >= 4 is 52.3 Å². The van der Waals surface area contributed by atoms with E-state index in [1.807, 2.05) is 30.5 Å². The fourth-order valence-corrected chi connectivity index (χ4v) is 4.06. The summed E-state index contributed by atoms with van der Waals surface area (Å²) in [6, 6.07) is 2.91. The molecule has 1 aromatic carbocycles. The molecule has 37 heavy (non-hydrogen) atoms. The van der Waals surface area contributed by atoms with E-state index in [2.05, 4.69) is 20.9 Å². The van der Waals surface area contributed by atoms with Gasteiger partial charge in [0.15, 0.2) is 0 Å². The molecule has 2 aromatic rings. The standard InChI is InChI=1S/C24H33N5O7S/c1-13(21(32)28-18(24(35)36)9-10-37-2)27-23(34)19(29-22(33)16(25)7-8-20(30)31)11-14-12-26-17-6-4-3-5-15(14)17/h3-6,12-13,16,18-19,26H,7-11,25H2,1-2H3,(H,27,34)(H,28,32)(H,29,33)(H,30,31)(H,35,36). The van der Waals surface area contributed by atoms with Gasteiger partial charge in [-0.15, -0.1) is 0 Å². The quantitative estimate of drug-likeness (QED) is 0.166. The number of rotatable bonds is 15. The van der Waals surface area contributed by atoms with Crippen molar-refractivity contribution in [1.29, 1.82) is 0 Å². The summed E-state index contributed by atoms with van der Waals surface area (Å²) < 4.78 is 0. The Kier molecular flexibility index (Phi) is 11.4. The van der Waals surface area contributed by atoms with Crippen molar-refractivity contribution in [2.45, 2.75) is 56.8 Å². The summed E-state index contributed by atoms with van der Waals surface area (Å²) in [7, 11) is 0. The number of nitrogens with two attached hydrogens (primary N) is 1. The maximum Gasteiger partial charge on any atom is 0.326 e. The van der Waals surface area contributed by atoms with Gasteiger partial charge >= 0.3 is 11.9 Å². The second kappa shape index (κ2) is 14.2. The van der Waals surface area contributed by atoms with Crippen molar-refractivity contribution in [2.24, 2.45) is 5.73 Å². The van der Waals surface area contributed by atoms with E-state index in [1.54, 1.807) is 6.20 Å². The number of hydrogen-bond donors (Lipinski definition) is 7. The van der Waals surface area contributed by atoms with Crippen LogP contribution in [0.15, 0.2) is 30.5 Å². The Morgan fingerprint density at radius 2 is 1.65 bits per heavy atom. The van der Waals surface area contributed by atoms with Crippen LogP contribution in [0.4, 0.5) is 0 Å². The van der Waals surface area contributed by atoms with Crippen LogP contribution in [0.2, 0.25) is 0 Å². The number of para-hydroxylation sites is 1. The topological polar surface area (TPSA) is 204 Å². The molecule has 8 N–H and O–H groups in total. The first-order valence-corrected chi connectivity index (χ1v) is 13.1. The molecule has 202 valence electrons. The number of hydrogen-bond acceptors (Lipinski definition) is 7. The largest absolute Gasteiger partial charge is 0.481 e. The number of carboxylic acid groups (broad SMARTS) is 2. The van der Waals surface area contributed by atoms with Gasteiger partial charge in [-0.25, -0.2) is 4.79 Å². The zero-order chi connectivity index (χ0) is 27.5. The Morgan fingerprint density at radius 3 is 2.30 bits per heavy atom. The molecular formula is C24H33N5O7S. The predicted octanol–water partition coefficient (Wildman–Crippen LogP) is 0.215. The molecule has 0 aliphatic carbocycles. The summed E-state index contributed by atoms with van der Waals surface area (Å²) in [5.74, 6) is -3.82. The number of nitrogens with one attached hydrogen (secondary N) is 4. The molecule has 2 rings (SSSR count). The molecule has 0 radical (unpaired) electrons. The van der Waals surface area contributed by atoms with Crippen LogP contribution in [-0.4, -0.2) is 81.0 Å². The highest BCUT2D eigenvalue weighted by Gasteiger charge is 2.29. The molecule has 0 saturated heterocycles. The van der Waals surface area contributed by atoms with Crippen LogP contribution in [0.3, 0.4) is 0 Å². The number of H-pyrrole nitrogens is 1. The summed E-state index contributed by atoms with van der Waals surface area (Å²) in [6.07, 6.45) is 3.38. The highest BCUT2D eigenvalue weighted by molar-refractivity contribution is 7.98. The number of amides is 3. The van der Waals surface area contributed by atoms with E-state index in [0.717, 1.165) is 16.5 Å². The van der Waals surface area contributed by atoms with Gasteiger partial charge in [0.1, 0.15) is 18.1 Å². The van der Waals surface area contributed by atoms with Gasteiger partial charge in [0.05, 0.1) is 6.04 Å². The van der Waals surface area contributed by atoms with Gasteiger partial charge in [-0.2, -0.15) is 11.8 Å². The lowest BCUT2D eigenvalue weighted by Gasteiger charge is -2.23. The molecular weight excluding hydrogens is 502 g/mol. The Hall–Kier alpha value is -3.58. The fourth-order valence-electron chi connectivity index (χ4n) is 3.59. The number of carboxylic acids is 2. The van der Waals surface area contributed by atoms with Gasteiger partial charge in [0.2, 0.25) is 17.7 Å². The van der Waals surface area contributed by atoms with Crippen molar-refractivity contribution in [3.05, 3.63) is 36.0 Å². The predicted molar refractivity (Wildman–Crippen MR) is 139 cm³/mol. The highest BCUT2D eigenvalue weighted by atomic mass is 32.2. The zero-order valence-electron chi connectivity index (χ0n) is 20.7. The smallest absolute Gasteiger partial charge is 0.326 e. The Balaban J connectivity index is 2.16. The number of fused-ring (bicyclic) bond motifs is 1. The number of carbonyl (C=O) groups is 5. The van der Waals surface area contributed by atoms with Crippen molar-refractivity contribution in [1.82, 2.24) is 20.9 Å². The molecule has 0 bridgehead atoms. The molecule has 13 heteroatoms. The van der Waals surface area contributed by atoms with E-state index < -0.39 is 53.8 Å². The molecule has 3 amide bonds. The Labute approximate surface area is 218 Å². The first-order chi connectivity index (χ1) is 17.5. The molecule has 0 saturated carbocycles. The second-order valence-electron chi connectivity index (χ2n) is 8.57. The first-order valence-electron chi connectivity index (χ1n) is 11.7. The lowest BCUT2D eigenvalue weighted by molar-refractivity contribution is -0.142. The third kappa shape index (κ3) is 9.10. The van der Waals surface area contributed by atoms with Crippen molar-refractivity contribution in [3.63, 3.8) is 0 Å². The van der Waals surface area contributed by atoms with Gasteiger partial charge in [0, 0.05) is 29.9 Å². The summed E-state index contributed by atoms with van der Waals surface area (Å²) >= 11 is 1.44. The summed E-state index contributed by atoms with van der Waals surface area (Å²) in [4.78, 5) is 63.8. The van der Waals surface area contributed by atoms with Gasteiger partial charge < -0.3 is 36.9 Å². The lowest BCUT2D eigenvalue weighted by atomic mass is 10.0. The molecule has 1 heterocycles. The average molecular weight is 536 g/mol. The van der Waals surface area contributed by atoms with Gasteiger partial charge in [0.25, 0.3) is 0 Å². The van der Waals surface area contributed by atoms with Crippen LogP contribution in [0.5, 0.6) is 0 Å². The minimum absolute atomic E-state index is 0.0625. The van der Waals surface area contributed by atoms with Crippen LogP contribution >= 0.6 is 11.8 Å². The Bertz CT molecular complexity index is 1120. The number of carbonyl (C=O) groups excluding carboxylic acids is 3. The maximum atomic E-state index is 13.2. The summed E-state index contributed by atoms with van der Waals surface area (Å²) in [5.41, 5.74) is 7.38. The van der Waals surface area contributed by atoms with Crippen LogP contribution in [0.1, 0.15) is 31.7 Å². The third-order valence-electron chi connectivity index (χ3n) is 5.72. The number of aromatic nitrogens is 1. The van der Waals surface area contributed by atoms with E-state index in [0.29, 0.717) is 5.75 Å². The first kappa shape index (κ1) is 29.6. The van der Waals surface area contributed by atoms with Crippen LogP contribution < -0.4 is 21.7 Å². The van der Waals surface area contributed by atoms with Crippen molar-refractivity contribution in [3.8, 4) is 0 Å². The lowest BCUT2D eigenvalue weighted by Crippen LogP contribution is -2.57. The van der Waals surface area contributed by atoms with Crippen molar-refractivity contribution < 1.29 is 34.2 Å². The van der Waals surface area contributed by atoms with Crippen LogP contribution in [-0.2, 0) is 30.4 Å². The molecule has 4 atom stereocenters. The highest BCUT2D eigenvalue weighted by Crippen LogP contribution is 2.19. The normalized spacial score (nSPS) is 14.2. The molecule has 4 unspecified atom stereocenters. The minimum Gasteiger partial charge on any atom is -0.481 e. The number of benzene rings is 1. The molecule has 0 aliphatic heterocycles. The number of aliphatic carboxylic acids is 2. The molecule has 0 fully saturated rings. The third-order valence-corrected chi connectivity index (χ3v) is 6.36. The van der Waals surface area contributed by atoms with Gasteiger partial charge in [-0.3, -0.25) is 19.2 Å². The van der Waals surface area contributed by atoms with E-state index in [9.17, 15) is 29.1 Å². The second-order valence-corrected chi connectivity index (χ2v) is 9.56. The van der Waals surface area contributed by atoms with E-state index >= 15 is 0 Å². The average Bonchev–Trinajstić information content (AvgIpc) is 3.26. The van der Waals surface area contributed by atoms with Crippen LogP contribution in [0.25, 0.3) is 10.9 Å². The molecule has 0 aliphatic rings. The Morgan fingerprint density at radius 1 is 0.973 bits per heavy atom. The number of thioether (sulfide) groups is 1. The molecule has 12 nitrogen and oxygen atoms in total. The fraction of sp³-hybridized carbons (Fsp3) is 0.458. The monoisotopic (exact) mass is 535 g/mol. The van der Waals surface area contributed by atoms with E-state index in [4.69, 9.17) is 10.8 Å².